The van der Waals surface area contributed by atoms with E-state index in [9.17, 15) is 90.7 Å². The summed E-state index contributed by atoms with van der Waals surface area (Å²) < 4.78 is 119. The molecular formula is C78H130O38. The number of methoxy groups -OCH3 is 1. The van der Waals surface area contributed by atoms with Crippen molar-refractivity contribution in [3.63, 3.8) is 0 Å². The Morgan fingerprint density at radius 1 is 0.457 bits per heavy atom. The lowest BCUT2D eigenvalue weighted by molar-refractivity contribution is -0.414. The standard InChI is InChI=1S/C78H130O38/c1-12-14-22-43(23-20-18-16-15-17-19-21-42(82)30-49(83)98-11)102-74-67(60(94)55(89)48(106-74)35-99-72-61(95)58(92)53(87)40(9)100-72)112-77-69(65(57(91)47(34-81)105-77)111-75-66(108-51(85)29-37(5)6)59(93)54(88)45(32-79)104-75)114-76-70(109-52(86)31-44-25-27-78(116-44)26-24-39(8)115-78)68(63(41(10)101-76)110-71(97)38(7)13-2)113-73-62(96)64(56(90)46(33-80)103-73)107-50(84)28-36(3)4/h13,36-37,39-48,53-70,72-77,79-82,87-96H,12,14-35H2,1-11H3/b38-13+/t39-,40+,41+,42+,43+,44+,45-,46-,47-,48-,53+,54-,55-,56-,57-,58-,59+,60+,61-,62-,63+,64+,65+,66-,67-,68-,69-,70-,72-,73+,74-,75+,76+,77+,78?/m1/s1. The van der Waals surface area contributed by atoms with Gasteiger partial charge >= 0.3 is 29.8 Å². The van der Waals surface area contributed by atoms with Gasteiger partial charge in [0.05, 0.1) is 83.0 Å². The van der Waals surface area contributed by atoms with Gasteiger partial charge in [-0.15, -0.1) is 0 Å². The summed E-state index contributed by atoms with van der Waals surface area (Å²) in [4.78, 5) is 68.3. The second-order valence-electron chi connectivity index (χ2n) is 32.6. The highest BCUT2D eigenvalue weighted by Crippen LogP contribution is 2.45. The molecule has 0 aliphatic carbocycles. The van der Waals surface area contributed by atoms with Crippen LogP contribution in [0.5, 0.6) is 0 Å². The van der Waals surface area contributed by atoms with Gasteiger partial charge in [-0.25, -0.2) is 4.79 Å². The summed E-state index contributed by atoms with van der Waals surface area (Å²) in [5.74, 6) is -6.12. The van der Waals surface area contributed by atoms with Crippen molar-refractivity contribution in [2.75, 3.05) is 33.5 Å². The van der Waals surface area contributed by atoms with Gasteiger partial charge in [-0.1, -0.05) is 92.1 Å². The monoisotopic (exact) mass is 1670 g/mol. The first kappa shape index (κ1) is 97.4. The van der Waals surface area contributed by atoms with Gasteiger partial charge < -0.3 is 161 Å². The van der Waals surface area contributed by atoms with Crippen LogP contribution in [0.25, 0.3) is 0 Å². The minimum absolute atomic E-state index is 0.0268. The number of aliphatic hydroxyl groups excluding tert-OH is 14. The predicted molar refractivity (Wildman–Crippen MR) is 393 cm³/mol. The van der Waals surface area contributed by atoms with Gasteiger partial charge in [0, 0.05) is 31.3 Å². The highest BCUT2D eigenvalue weighted by atomic mass is 16.8. The summed E-state index contributed by atoms with van der Waals surface area (Å²) in [5.41, 5.74) is 0.0268. The lowest BCUT2D eigenvalue weighted by atomic mass is 9.95. The predicted octanol–water partition coefficient (Wildman–Crippen LogP) is -0.691. The molecule has 0 bridgehead atoms. The maximum atomic E-state index is 15.2. The van der Waals surface area contributed by atoms with E-state index in [4.69, 9.17) is 85.3 Å². The van der Waals surface area contributed by atoms with Gasteiger partial charge in [0.1, 0.15) is 110 Å². The van der Waals surface area contributed by atoms with E-state index in [1.54, 1.807) is 27.7 Å². The van der Waals surface area contributed by atoms with E-state index >= 15 is 4.79 Å². The average molecular weight is 1680 g/mol. The summed E-state index contributed by atoms with van der Waals surface area (Å²) in [6.07, 6.45) is -52.1. The molecule has 0 aromatic rings. The first-order valence-electron chi connectivity index (χ1n) is 41.1. The van der Waals surface area contributed by atoms with Crippen LogP contribution >= 0.6 is 0 Å². The fourth-order valence-corrected chi connectivity index (χ4v) is 15.5. The number of esters is 5. The molecule has 0 radical (unpaired) electrons. The Labute approximate surface area is 675 Å². The van der Waals surface area contributed by atoms with Crippen LogP contribution in [0.1, 0.15) is 191 Å². The van der Waals surface area contributed by atoms with Gasteiger partial charge in [-0.2, -0.15) is 0 Å². The number of aliphatic hydroxyl groups is 14. The van der Waals surface area contributed by atoms with Crippen molar-refractivity contribution in [2.24, 2.45) is 11.8 Å². The largest absolute Gasteiger partial charge is 0.469 e. The Morgan fingerprint density at radius 2 is 0.966 bits per heavy atom. The highest BCUT2D eigenvalue weighted by molar-refractivity contribution is 5.87. The van der Waals surface area contributed by atoms with Crippen molar-refractivity contribution in [3.8, 4) is 0 Å². The number of ether oxygens (including phenoxy) is 19. The van der Waals surface area contributed by atoms with E-state index in [-0.39, 0.29) is 49.2 Å². The van der Waals surface area contributed by atoms with Crippen molar-refractivity contribution in [1.82, 2.24) is 0 Å². The van der Waals surface area contributed by atoms with Crippen LogP contribution in [-0.2, 0) is 114 Å². The second-order valence-corrected chi connectivity index (χ2v) is 32.6. The summed E-state index contributed by atoms with van der Waals surface area (Å²) in [6, 6.07) is 0. The van der Waals surface area contributed by atoms with Crippen molar-refractivity contribution < 1.29 is 185 Å². The zero-order valence-electron chi connectivity index (χ0n) is 68.2. The summed E-state index contributed by atoms with van der Waals surface area (Å²) in [5, 5.41) is 160. The van der Waals surface area contributed by atoms with Crippen LogP contribution in [0.4, 0.5) is 0 Å². The second kappa shape index (κ2) is 45.9. The number of hydrogen-bond acceptors (Lipinski definition) is 38. The molecule has 0 saturated carbocycles. The van der Waals surface area contributed by atoms with Gasteiger partial charge in [0.25, 0.3) is 0 Å². The summed E-state index contributed by atoms with van der Waals surface area (Å²) in [7, 11) is 1.24. The quantitative estimate of drug-likeness (QED) is 0.0156. The number of carbonyl (C=O) groups excluding carboxylic acids is 5. The Balaban J connectivity index is 1.25. The minimum Gasteiger partial charge on any atom is -0.469 e. The van der Waals surface area contributed by atoms with Crippen LogP contribution in [0, 0.1) is 11.8 Å². The minimum atomic E-state index is -2.28. The van der Waals surface area contributed by atoms with Crippen molar-refractivity contribution in [3.05, 3.63) is 11.6 Å². The molecule has 8 saturated heterocycles. The molecule has 1 unspecified atom stereocenters. The Morgan fingerprint density at radius 3 is 1.57 bits per heavy atom. The molecule has 8 fully saturated rings. The Bertz CT molecular complexity index is 3020. The third-order valence-corrected chi connectivity index (χ3v) is 22.3. The molecule has 0 amide bonds. The first-order chi connectivity index (χ1) is 55.1. The fraction of sp³-hybridized carbons (Fsp3) is 0.910. The van der Waals surface area contributed by atoms with Crippen LogP contribution in [0.3, 0.4) is 0 Å². The third-order valence-electron chi connectivity index (χ3n) is 22.3. The Hall–Kier alpha value is -4.03. The van der Waals surface area contributed by atoms with Crippen LogP contribution in [0.2, 0.25) is 0 Å². The zero-order valence-corrected chi connectivity index (χ0v) is 68.2. The van der Waals surface area contributed by atoms with Crippen molar-refractivity contribution >= 4 is 29.8 Å². The van der Waals surface area contributed by atoms with E-state index in [1.165, 1.54) is 40.9 Å². The van der Waals surface area contributed by atoms with Crippen LogP contribution < -0.4 is 0 Å². The maximum Gasteiger partial charge on any atom is 0.333 e. The van der Waals surface area contributed by atoms with Gasteiger partial charge in [-0.3, -0.25) is 19.2 Å². The first-order valence-corrected chi connectivity index (χ1v) is 41.1. The van der Waals surface area contributed by atoms with Crippen LogP contribution in [0.15, 0.2) is 11.6 Å². The van der Waals surface area contributed by atoms with E-state index in [0.717, 1.165) is 19.3 Å². The fourth-order valence-electron chi connectivity index (χ4n) is 15.5. The molecule has 14 N–H and O–H groups in total. The van der Waals surface area contributed by atoms with E-state index < -0.39 is 271 Å². The zero-order chi connectivity index (χ0) is 85.2. The molecule has 670 valence electrons. The average Bonchev–Trinajstić information content (AvgIpc) is 1.33. The molecule has 116 heavy (non-hydrogen) atoms. The molecule has 0 aromatic heterocycles. The topological polar surface area (TPSA) is 544 Å². The molecule has 0 aromatic carbocycles. The van der Waals surface area contributed by atoms with Crippen LogP contribution in [-0.4, -0.2) is 349 Å². The van der Waals surface area contributed by atoms with E-state index in [1.807, 2.05) is 13.8 Å². The molecule has 38 heteroatoms. The number of rotatable bonds is 41. The lowest BCUT2D eigenvalue weighted by Gasteiger charge is -2.52. The molecule has 38 nitrogen and oxygen atoms in total. The van der Waals surface area contributed by atoms with Crippen molar-refractivity contribution in [2.45, 2.75) is 406 Å². The van der Waals surface area contributed by atoms with Crippen molar-refractivity contribution in [1.29, 1.82) is 0 Å². The number of hydrogen-bond donors (Lipinski definition) is 14. The molecule has 8 rings (SSSR count). The normalized spacial score (nSPS) is 40.2. The number of allylic oxidation sites excluding steroid dienone is 1. The SMILES string of the molecule is C/C=C(\C)C(=O)O[C@@H]1[C@@H](O[C@@H]2O[C@H](CO)[C@@H](O)[C@H](OC(=O)CC(C)C)[C@H]2O)[C@@H](OC(=O)C[C@@H]2CCC3(CC[C@@H](C)O3)O2)[C@H](O[C@H]2[C@H](O[C@H]3[C@H](O[C@@H](CCCC)CCCCCCCC[C@H](O)CC(=O)OC)O[C@H](CO[C@@H]4O[C@@H](C)[C@H](O)[C@@H](O)[C@H]4O)[C@@H](O)[C@@H]3O)O[C@H](CO)[C@@H](O)[C@@H]2O[C@@H]2O[C@H](CO)[C@@H](O)[C@H](O)[C@H]2OC(=O)CC(C)C)O[C@H]1C. The molecule has 1 spiro atoms. The molecule has 35 atom stereocenters. The van der Waals surface area contributed by atoms with E-state index in [0.29, 0.717) is 70.6 Å². The smallest absolute Gasteiger partial charge is 0.333 e. The lowest BCUT2D eigenvalue weighted by Crippen LogP contribution is -2.69. The summed E-state index contributed by atoms with van der Waals surface area (Å²) >= 11 is 0. The van der Waals surface area contributed by atoms with Gasteiger partial charge in [0.2, 0.25) is 0 Å². The highest BCUT2D eigenvalue weighted by Gasteiger charge is 2.61. The third kappa shape index (κ3) is 26.0. The summed E-state index contributed by atoms with van der Waals surface area (Å²) in [6.45, 7) is 12.5. The molecule has 8 aliphatic heterocycles. The maximum absolute atomic E-state index is 15.2. The van der Waals surface area contributed by atoms with Gasteiger partial charge in [-0.05, 0) is 78.6 Å². The number of carbonyl (C=O) groups is 5. The van der Waals surface area contributed by atoms with Gasteiger partial charge in [0.15, 0.2) is 67.9 Å². The van der Waals surface area contributed by atoms with E-state index in [2.05, 4.69) is 4.74 Å². The molecule has 8 heterocycles. The number of unbranched alkanes of at least 4 members (excludes halogenated alkanes) is 6. The molecule has 8 aliphatic rings. The molecular weight excluding hydrogens is 1540 g/mol. The Kier molecular flexibility index (Phi) is 38.6.